The summed E-state index contributed by atoms with van der Waals surface area (Å²) in [7, 11) is 0. The first-order valence-electron chi connectivity index (χ1n) is 9.55. The quantitative estimate of drug-likeness (QED) is 0.724. The van der Waals surface area contributed by atoms with E-state index in [1.165, 1.54) is 12.4 Å². The topological polar surface area (TPSA) is 78.7 Å². The zero-order chi connectivity index (χ0) is 20.1. The third-order valence-electron chi connectivity index (χ3n) is 4.94. The summed E-state index contributed by atoms with van der Waals surface area (Å²) in [5, 5.41) is 2.77. The molecule has 0 radical (unpaired) electrons. The van der Waals surface area contributed by atoms with E-state index in [0.29, 0.717) is 30.0 Å². The fourth-order valence-corrected chi connectivity index (χ4v) is 3.35. The molecule has 0 spiro atoms. The van der Waals surface area contributed by atoms with Gasteiger partial charge in [-0.05, 0) is 30.3 Å². The van der Waals surface area contributed by atoms with Crippen molar-refractivity contribution in [2.45, 2.75) is 6.54 Å². The molecule has 1 saturated heterocycles. The predicted octanol–water partition coefficient (Wildman–Crippen LogP) is 2.57. The van der Waals surface area contributed by atoms with Gasteiger partial charge in [0.1, 0.15) is 5.76 Å². The summed E-state index contributed by atoms with van der Waals surface area (Å²) >= 11 is 0. The summed E-state index contributed by atoms with van der Waals surface area (Å²) in [4.78, 5) is 33.4. The van der Waals surface area contributed by atoms with Crippen LogP contribution in [-0.4, -0.2) is 47.9 Å². The Bertz CT molecular complexity index is 965. The van der Waals surface area contributed by atoms with Gasteiger partial charge in [-0.25, -0.2) is 0 Å². The molecule has 29 heavy (non-hydrogen) atoms. The molecule has 7 nitrogen and oxygen atoms in total. The maximum Gasteiger partial charge on any atom is 0.255 e. The molecule has 1 aromatic carbocycles. The molecule has 0 aliphatic carbocycles. The van der Waals surface area contributed by atoms with Crippen LogP contribution in [0, 0.1) is 0 Å². The minimum atomic E-state index is -0.294. The van der Waals surface area contributed by atoms with Crippen LogP contribution in [0.5, 0.6) is 0 Å². The maximum atomic E-state index is 12.9. The number of carbonyl (C=O) groups is 2. The Labute approximate surface area is 169 Å². The van der Waals surface area contributed by atoms with Gasteiger partial charge in [-0.1, -0.05) is 18.2 Å². The number of furan rings is 1. The number of anilines is 1. The Morgan fingerprint density at radius 2 is 1.72 bits per heavy atom. The molecule has 0 atom stereocenters. The molecule has 1 N–H and O–H groups in total. The van der Waals surface area contributed by atoms with Gasteiger partial charge in [0, 0.05) is 44.3 Å². The molecule has 2 amide bonds. The second-order valence-corrected chi connectivity index (χ2v) is 6.84. The van der Waals surface area contributed by atoms with Crippen molar-refractivity contribution in [3.63, 3.8) is 0 Å². The molecule has 3 aromatic rings. The lowest BCUT2D eigenvalue weighted by atomic mass is 10.1. The van der Waals surface area contributed by atoms with Crippen LogP contribution in [-0.2, 0) is 6.54 Å². The smallest absolute Gasteiger partial charge is 0.255 e. The monoisotopic (exact) mass is 390 g/mol. The molecular weight excluding hydrogens is 368 g/mol. The number of aromatic nitrogens is 1. The van der Waals surface area contributed by atoms with Gasteiger partial charge in [-0.15, -0.1) is 0 Å². The summed E-state index contributed by atoms with van der Waals surface area (Å²) < 4.78 is 5.21. The van der Waals surface area contributed by atoms with Crippen LogP contribution >= 0.6 is 0 Å². The van der Waals surface area contributed by atoms with Crippen molar-refractivity contribution < 1.29 is 14.0 Å². The highest BCUT2D eigenvalue weighted by Crippen LogP contribution is 2.17. The standard InChI is InChI=1S/C22H22N4O3/c27-21(24-16-20-7-4-12-29-20)17-13-18(15-23-14-17)22(28)26-10-8-25(9-11-26)19-5-2-1-3-6-19/h1-7,12-15H,8-11,16H2,(H,24,27). The molecule has 1 fully saturated rings. The molecule has 0 saturated carbocycles. The molecule has 1 aliphatic heterocycles. The number of pyridine rings is 1. The molecule has 4 rings (SSSR count). The van der Waals surface area contributed by atoms with Crippen molar-refractivity contribution >= 4 is 17.5 Å². The van der Waals surface area contributed by atoms with Gasteiger partial charge in [0.15, 0.2) is 0 Å². The van der Waals surface area contributed by atoms with Crippen LogP contribution < -0.4 is 10.2 Å². The van der Waals surface area contributed by atoms with E-state index >= 15 is 0 Å². The van der Waals surface area contributed by atoms with Gasteiger partial charge >= 0.3 is 0 Å². The van der Waals surface area contributed by atoms with Crippen LogP contribution in [0.25, 0.3) is 0 Å². The number of rotatable bonds is 5. The predicted molar refractivity (Wildman–Crippen MR) is 109 cm³/mol. The van der Waals surface area contributed by atoms with Crippen molar-refractivity contribution in [1.29, 1.82) is 0 Å². The zero-order valence-corrected chi connectivity index (χ0v) is 16.0. The summed E-state index contributed by atoms with van der Waals surface area (Å²) in [6.45, 7) is 3.08. The number of nitrogens with one attached hydrogen (secondary N) is 1. The van der Waals surface area contributed by atoms with Crippen LogP contribution in [0.3, 0.4) is 0 Å². The van der Waals surface area contributed by atoms with Crippen molar-refractivity contribution in [1.82, 2.24) is 15.2 Å². The van der Waals surface area contributed by atoms with E-state index in [1.807, 2.05) is 18.2 Å². The van der Waals surface area contributed by atoms with Gasteiger partial charge in [0.25, 0.3) is 11.8 Å². The Balaban J connectivity index is 1.36. The van der Waals surface area contributed by atoms with Gasteiger partial charge < -0.3 is 19.5 Å². The lowest BCUT2D eigenvalue weighted by Gasteiger charge is -2.36. The van der Waals surface area contributed by atoms with Gasteiger partial charge in [-0.2, -0.15) is 0 Å². The second kappa shape index (κ2) is 8.60. The highest BCUT2D eigenvalue weighted by atomic mass is 16.3. The lowest BCUT2D eigenvalue weighted by Crippen LogP contribution is -2.48. The first kappa shape index (κ1) is 18.7. The Hall–Kier alpha value is -3.61. The number of amides is 2. The number of nitrogens with zero attached hydrogens (tertiary/aromatic N) is 3. The normalized spacial score (nSPS) is 13.9. The largest absolute Gasteiger partial charge is 0.467 e. The second-order valence-electron chi connectivity index (χ2n) is 6.84. The Morgan fingerprint density at radius 1 is 0.966 bits per heavy atom. The van der Waals surface area contributed by atoms with Crippen LogP contribution in [0.1, 0.15) is 26.5 Å². The van der Waals surface area contributed by atoms with Crippen LogP contribution in [0.4, 0.5) is 5.69 Å². The van der Waals surface area contributed by atoms with Crippen molar-refractivity contribution in [3.05, 3.63) is 84.1 Å². The highest BCUT2D eigenvalue weighted by Gasteiger charge is 2.23. The first-order chi connectivity index (χ1) is 14.2. The average Bonchev–Trinajstić information content (AvgIpc) is 3.31. The third-order valence-corrected chi connectivity index (χ3v) is 4.94. The average molecular weight is 390 g/mol. The van der Waals surface area contributed by atoms with Gasteiger partial charge in [-0.3, -0.25) is 14.6 Å². The van der Waals surface area contributed by atoms with Crippen molar-refractivity contribution in [2.24, 2.45) is 0 Å². The lowest BCUT2D eigenvalue weighted by molar-refractivity contribution is 0.0746. The van der Waals surface area contributed by atoms with E-state index in [4.69, 9.17) is 4.42 Å². The number of hydrogen-bond donors (Lipinski definition) is 1. The fourth-order valence-electron chi connectivity index (χ4n) is 3.35. The maximum absolute atomic E-state index is 12.9. The molecule has 0 bridgehead atoms. The SMILES string of the molecule is O=C(NCc1ccco1)c1cncc(C(=O)N2CCN(c3ccccc3)CC2)c1. The van der Waals surface area contributed by atoms with Gasteiger partial charge in [0.2, 0.25) is 0 Å². The minimum absolute atomic E-state index is 0.106. The number of carbonyl (C=O) groups excluding carboxylic acids is 2. The van der Waals surface area contributed by atoms with E-state index in [9.17, 15) is 9.59 Å². The molecule has 148 valence electrons. The first-order valence-corrected chi connectivity index (χ1v) is 9.55. The summed E-state index contributed by atoms with van der Waals surface area (Å²) in [6.07, 6.45) is 4.52. The Morgan fingerprint density at radius 3 is 2.45 bits per heavy atom. The van der Waals surface area contributed by atoms with Crippen LogP contribution in [0.2, 0.25) is 0 Å². The molecule has 2 aromatic heterocycles. The fraction of sp³-hybridized carbons (Fsp3) is 0.227. The van der Waals surface area contributed by atoms with Crippen molar-refractivity contribution in [2.75, 3.05) is 31.1 Å². The summed E-state index contributed by atoms with van der Waals surface area (Å²) in [5.74, 6) is 0.262. The molecular formula is C22H22N4O3. The van der Waals surface area contributed by atoms with Crippen LogP contribution in [0.15, 0.2) is 71.6 Å². The van der Waals surface area contributed by atoms with E-state index < -0.39 is 0 Å². The van der Waals surface area contributed by atoms with Crippen molar-refractivity contribution in [3.8, 4) is 0 Å². The number of para-hydroxylation sites is 1. The number of hydrogen-bond acceptors (Lipinski definition) is 5. The number of benzene rings is 1. The number of piperazine rings is 1. The van der Waals surface area contributed by atoms with E-state index in [2.05, 4.69) is 27.3 Å². The van der Waals surface area contributed by atoms with E-state index in [1.54, 1.807) is 29.4 Å². The molecule has 3 heterocycles. The highest BCUT2D eigenvalue weighted by molar-refractivity contribution is 5.99. The Kier molecular flexibility index (Phi) is 5.56. The molecule has 7 heteroatoms. The summed E-state index contributed by atoms with van der Waals surface area (Å²) in [6, 6.07) is 15.3. The molecule has 1 aliphatic rings. The third kappa shape index (κ3) is 4.45. The van der Waals surface area contributed by atoms with Gasteiger partial charge in [0.05, 0.1) is 23.9 Å². The summed E-state index contributed by atoms with van der Waals surface area (Å²) in [5.41, 5.74) is 1.94. The molecule has 0 unspecified atom stereocenters. The van der Waals surface area contributed by atoms with E-state index in [-0.39, 0.29) is 18.4 Å². The van der Waals surface area contributed by atoms with E-state index in [0.717, 1.165) is 18.8 Å². The zero-order valence-electron chi connectivity index (χ0n) is 16.0. The minimum Gasteiger partial charge on any atom is -0.467 e.